The van der Waals surface area contributed by atoms with Gasteiger partial charge in [-0.2, -0.15) is 13.2 Å². The first-order chi connectivity index (χ1) is 12.0. The van der Waals surface area contributed by atoms with Gasteiger partial charge in [0, 0.05) is 12.8 Å². The quantitative estimate of drug-likeness (QED) is 0.824. The van der Waals surface area contributed by atoms with Gasteiger partial charge in [0.25, 0.3) is 5.91 Å². The standard InChI is InChI=1S/C17H15ClF3NO3S/c1-26(24,25)13-6-7-15(18)14(10-13)16(23)22-9-8-11-2-4-12(5-3-11)17(19,20)21/h2-7,10H,8-9H2,1H3,(H,22,23). The van der Waals surface area contributed by atoms with Crippen molar-refractivity contribution in [3.63, 3.8) is 0 Å². The molecule has 0 unspecified atom stereocenters. The molecule has 9 heteroatoms. The van der Waals surface area contributed by atoms with Crippen molar-refractivity contribution < 1.29 is 26.4 Å². The van der Waals surface area contributed by atoms with Crippen LogP contribution < -0.4 is 5.32 Å². The zero-order valence-electron chi connectivity index (χ0n) is 13.6. The molecule has 0 aliphatic carbocycles. The summed E-state index contributed by atoms with van der Waals surface area (Å²) in [6, 6.07) is 8.44. The molecule has 0 aliphatic heterocycles. The summed E-state index contributed by atoms with van der Waals surface area (Å²) in [5.74, 6) is -0.563. The molecular formula is C17H15ClF3NO3S. The van der Waals surface area contributed by atoms with Crippen molar-refractivity contribution in [1.82, 2.24) is 5.32 Å². The smallest absolute Gasteiger partial charge is 0.352 e. The summed E-state index contributed by atoms with van der Waals surface area (Å²) in [4.78, 5) is 12.1. The third-order valence-corrected chi connectivity index (χ3v) is 5.03. The Labute approximate surface area is 153 Å². The fourth-order valence-corrected chi connectivity index (χ4v) is 3.04. The third kappa shape index (κ3) is 5.22. The van der Waals surface area contributed by atoms with Crippen LogP contribution in [-0.2, 0) is 22.4 Å². The molecule has 2 aromatic carbocycles. The van der Waals surface area contributed by atoms with Gasteiger partial charge in [0.15, 0.2) is 9.84 Å². The predicted molar refractivity (Wildman–Crippen MR) is 92.0 cm³/mol. The number of benzene rings is 2. The molecule has 0 saturated heterocycles. The van der Waals surface area contributed by atoms with Crippen molar-refractivity contribution in [3.8, 4) is 0 Å². The molecule has 26 heavy (non-hydrogen) atoms. The molecule has 4 nitrogen and oxygen atoms in total. The second kappa shape index (κ2) is 7.67. The highest BCUT2D eigenvalue weighted by Crippen LogP contribution is 2.29. The van der Waals surface area contributed by atoms with Crippen LogP contribution >= 0.6 is 11.6 Å². The van der Waals surface area contributed by atoms with Crippen LogP contribution in [0.15, 0.2) is 47.4 Å². The van der Waals surface area contributed by atoms with Crippen LogP contribution in [0, 0.1) is 0 Å². The lowest BCUT2D eigenvalue weighted by Crippen LogP contribution is -2.26. The van der Waals surface area contributed by atoms with Crippen molar-refractivity contribution >= 4 is 27.3 Å². The van der Waals surface area contributed by atoms with E-state index < -0.39 is 27.5 Å². The van der Waals surface area contributed by atoms with Crippen molar-refractivity contribution in [1.29, 1.82) is 0 Å². The summed E-state index contributed by atoms with van der Waals surface area (Å²) in [7, 11) is -3.49. The Morgan fingerprint density at radius 2 is 1.73 bits per heavy atom. The number of alkyl halides is 3. The molecule has 0 radical (unpaired) electrons. The number of carbonyl (C=O) groups is 1. The highest BCUT2D eigenvalue weighted by molar-refractivity contribution is 7.90. The highest BCUT2D eigenvalue weighted by atomic mass is 35.5. The zero-order chi connectivity index (χ0) is 19.5. The average molecular weight is 406 g/mol. The minimum atomic E-state index is -4.39. The summed E-state index contributed by atoms with van der Waals surface area (Å²) in [5, 5.41) is 2.67. The topological polar surface area (TPSA) is 63.2 Å². The molecule has 140 valence electrons. The molecule has 2 aromatic rings. The van der Waals surface area contributed by atoms with E-state index in [2.05, 4.69) is 5.32 Å². The molecule has 0 fully saturated rings. The normalized spacial score (nSPS) is 12.0. The van der Waals surface area contributed by atoms with Gasteiger partial charge in [-0.25, -0.2) is 8.42 Å². The second-order valence-electron chi connectivity index (χ2n) is 5.61. The molecule has 0 spiro atoms. The Morgan fingerprint density at radius 1 is 1.12 bits per heavy atom. The number of amides is 1. The van der Waals surface area contributed by atoms with Crippen LogP contribution in [0.5, 0.6) is 0 Å². The van der Waals surface area contributed by atoms with Gasteiger partial charge >= 0.3 is 6.18 Å². The SMILES string of the molecule is CS(=O)(=O)c1ccc(Cl)c(C(=O)NCCc2ccc(C(F)(F)F)cc2)c1. The van der Waals surface area contributed by atoms with E-state index in [4.69, 9.17) is 11.6 Å². The van der Waals surface area contributed by atoms with E-state index in [-0.39, 0.29) is 22.0 Å². The molecule has 0 aromatic heterocycles. The van der Waals surface area contributed by atoms with E-state index >= 15 is 0 Å². The number of sulfone groups is 1. The van der Waals surface area contributed by atoms with E-state index in [1.807, 2.05) is 0 Å². The van der Waals surface area contributed by atoms with Crippen LogP contribution in [0.3, 0.4) is 0 Å². The summed E-state index contributed by atoms with van der Waals surface area (Å²) < 4.78 is 60.6. The van der Waals surface area contributed by atoms with Crippen LogP contribution in [0.2, 0.25) is 5.02 Å². The molecule has 0 saturated carbocycles. The Morgan fingerprint density at radius 3 is 2.27 bits per heavy atom. The minimum Gasteiger partial charge on any atom is -0.352 e. The maximum absolute atomic E-state index is 12.5. The number of carbonyl (C=O) groups excluding carboxylic acids is 1. The Hall–Kier alpha value is -2.06. The first kappa shape index (κ1) is 20.3. The lowest BCUT2D eigenvalue weighted by molar-refractivity contribution is -0.137. The third-order valence-electron chi connectivity index (χ3n) is 3.59. The van der Waals surface area contributed by atoms with Crippen molar-refractivity contribution in [2.24, 2.45) is 0 Å². The van der Waals surface area contributed by atoms with Gasteiger partial charge in [-0.1, -0.05) is 23.7 Å². The largest absolute Gasteiger partial charge is 0.416 e. The first-order valence-electron chi connectivity index (χ1n) is 7.42. The minimum absolute atomic E-state index is 0.0158. The summed E-state index contributed by atoms with van der Waals surface area (Å²) in [6.45, 7) is 0.156. The number of hydrogen-bond acceptors (Lipinski definition) is 3. The molecule has 0 bridgehead atoms. The Bertz CT molecular complexity index is 910. The zero-order valence-corrected chi connectivity index (χ0v) is 15.2. The van der Waals surface area contributed by atoms with Gasteiger partial charge in [-0.3, -0.25) is 4.79 Å². The van der Waals surface area contributed by atoms with Crippen molar-refractivity contribution in [3.05, 3.63) is 64.2 Å². The molecule has 1 N–H and O–H groups in total. The lowest BCUT2D eigenvalue weighted by atomic mass is 10.1. The summed E-state index contributed by atoms with van der Waals surface area (Å²) in [6.07, 6.45) is -3.07. The fourth-order valence-electron chi connectivity index (χ4n) is 2.19. The Kier molecular flexibility index (Phi) is 5.98. The average Bonchev–Trinajstić information content (AvgIpc) is 2.53. The predicted octanol–water partition coefficient (Wildman–Crippen LogP) is 3.73. The molecule has 0 heterocycles. The Balaban J connectivity index is 2.01. The van der Waals surface area contributed by atoms with Crippen LogP contribution in [0.25, 0.3) is 0 Å². The van der Waals surface area contributed by atoms with Gasteiger partial charge in [-0.15, -0.1) is 0 Å². The second-order valence-corrected chi connectivity index (χ2v) is 8.04. The monoisotopic (exact) mass is 405 g/mol. The van der Waals surface area contributed by atoms with E-state index in [0.717, 1.165) is 18.4 Å². The van der Waals surface area contributed by atoms with Gasteiger partial charge < -0.3 is 5.32 Å². The molecule has 2 rings (SSSR count). The van der Waals surface area contributed by atoms with E-state index in [1.54, 1.807) is 0 Å². The fraction of sp³-hybridized carbons (Fsp3) is 0.235. The van der Waals surface area contributed by atoms with Gasteiger partial charge in [0.1, 0.15) is 0 Å². The number of hydrogen-bond donors (Lipinski definition) is 1. The van der Waals surface area contributed by atoms with Gasteiger partial charge in [-0.05, 0) is 42.3 Å². The van der Waals surface area contributed by atoms with E-state index in [1.165, 1.54) is 30.3 Å². The first-order valence-corrected chi connectivity index (χ1v) is 9.69. The van der Waals surface area contributed by atoms with Crippen molar-refractivity contribution in [2.45, 2.75) is 17.5 Å². The number of nitrogens with one attached hydrogen (secondary N) is 1. The molecule has 0 atom stereocenters. The lowest BCUT2D eigenvalue weighted by Gasteiger charge is -2.10. The maximum Gasteiger partial charge on any atom is 0.416 e. The maximum atomic E-state index is 12.5. The van der Waals surface area contributed by atoms with Crippen LogP contribution in [0.4, 0.5) is 13.2 Å². The molecule has 0 aliphatic rings. The van der Waals surface area contributed by atoms with E-state index in [0.29, 0.717) is 12.0 Å². The highest BCUT2D eigenvalue weighted by Gasteiger charge is 2.29. The van der Waals surface area contributed by atoms with Crippen molar-refractivity contribution in [2.75, 3.05) is 12.8 Å². The summed E-state index contributed by atoms with van der Waals surface area (Å²) >= 11 is 5.94. The molecular weight excluding hydrogens is 391 g/mol. The summed E-state index contributed by atoms with van der Waals surface area (Å²) in [5.41, 5.74) is -0.106. The van der Waals surface area contributed by atoms with Gasteiger partial charge in [0.2, 0.25) is 0 Å². The van der Waals surface area contributed by atoms with Crippen LogP contribution in [0.1, 0.15) is 21.5 Å². The van der Waals surface area contributed by atoms with E-state index in [9.17, 15) is 26.4 Å². The van der Waals surface area contributed by atoms with Crippen LogP contribution in [-0.4, -0.2) is 27.1 Å². The molecule has 1 amide bonds. The number of rotatable bonds is 5. The van der Waals surface area contributed by atoms with Gasteiger partial charge in [0.05, 0.1) is 21.0 Å². The number of halogens is 4.